The fourth-order valence-corrected chi connectivity index (χ4v) is 2.61. The first kappa shape index (κ1) is 19.5. The Morgan fingerprint density at radius 1 is 1.08 bits per heavy atom. The Hall–Kier alpha value is -2.86. The number of hydrogen-bond donors (Lipinski definition) is 2. The van der Waals surface area contributed by atoms with Gasteiger partial charge in [-0.3, -0.25) is 4.79 Å². The lowest BCUT2D eigenvalue weighted by Crippen LogP contribution is -3.11. The Morgan fingerprint density at radius 3 is 2.42 bits per heavy atom. The van der Waals surface area contributed by atoms with Gasteiger partial charge in [-0.15, -0.1) is 0 Å². The Bertz CT molecular complexity index is 744. The molecule has 0 radical (unpaired) electrons. The van der Waals surface area contributed by atoms with Crippen LogP contribution in [-0.2, 0) is 16.1 Å². The summed E-state index contributed by atoms with van der Waals surface area (Å²) in [7, 11) is 2.95. The molecule has 138 valence electrons. The zero-order valence-electron chi connectivity index (χ0n) is 15.4. The third kappa shape index (κ3) is 5.60. The van der Waals surface area contributed by atoms with Crippen LogP contribution in [0.3, 0.4) is 0 Å². The molecule has 0 aliphatic carbocycles. The van der Waals surface area contributed by atoms with Crippen LogP contribution >= 0.6 is 0 Å². The first-order chi connectivity index (χ1) is 12.5. The molecule has 6 heteroatoms. The van der Waals surface area contributed by atoms with E-state index in [1.54, 1.807) is 25.3 Å². The largest absolute Gasteiger partial charge is 0.497 e. The minimum Gasteiger partial charge on any atom is -0.497 e. The average Bonchev–Trinajstić information content (AvgIpc) is 2.67. The van der Waals surface area contributed by atoms with Gasteiger partial charge in [0.1, 0.15) is 12.3 Å². The second-order valence-corrected chi connectivity index (χ2v) is 5.93. The van der Waals surface area contributed by atoms with Crippen molar-refractivity contribution in [2.75, 3.05) is 32.6 Å². The van der Waals surface area contributed by atoms with Crippen LogP contribution in [-0.4, -0.2) is 39.2 Å². The molecule has 2 N–H and O–H groups in total. The van der Waals surface area contributed by atoms with Gasteiger partial charge in [0.2, 0.25) is 0 Å². The predicted octanol–water partition coefficient (Wildman–Crippen LogP) is 1.53. The number of carbonyl (C=O) groups excluding carboxylic acids is 2. The van der Waals surface area contributed by atoms with Crippen molar-refractivity contribution >= 4 is 17.6 Å². The van der Waals surface area contributed by atoms with E-state index in [4.69, 9.17) is 9.47 Å². The van der Waals surface area contributed by atoms with Crippen molar-refractivity contribution in [3.8, 4) is 5.75 Å². The van der Waals surface area contributed by atoms with Gasteiger partial charge < -0.3 is 19.7 Å². The van der Waals surface area contributed by atoms with E-state index in [2.05, 4.69) is 5.32 Å². The smallest absolute Gasteiger partial charge is 0.337 e. The minimum absolute atomic E-state index is 0.0544. The molecule has 0 heterocycles. The molecule has 6 nitrogen and oxygen atoms in total. The molecule has 1 atom stereocenters. The van der Waals surface area contributed by atoms with E-state index in [0.29, 0.717) is 30.1 Å². The van der Waals surface area contributed by atoms with Crippen LogP contribution in [0, 0.1) is 0 Å². The third-order valence-electron chi connectivity index (χ3n) is 4.09. The first-order valence-electron chi connectivity index (χ1n) is 8.50. The number of benzene rings is 2. The predicted molar refractivity (Wildman–Crippen MR) is 99.5 cm³/mol. The summed E-state index contributed by atoms with van der Waals surface area (Å²) in [6, 6.07) is 14.5. The van der Waals surface area contributed by atoms with E-state index in [1.807, 2.05) is 37.3 Å². The quantitative estimate of drug-likeness (QED) is 0.703. The Morgan fingerprint density at radius 2 is 1.81 bits per heavy atom. The second-order valence-electron chi connectivity index (χ2n) is 5.93. The average molecular weight is 357 g/mol. The summed E-state index contributed by atoms with van der Waals surface area (Å²) in [5.74, 6) is 0.295. The van der Waals surface area contributed by atoms with Crippen LogP contribution in [0.4, 0.5) is 5.69 Å². The van der Waals surface area contributed by atoms with Crippen molar-refractivity contribution in [2.24, 2.45) is 0 Å². The number of methoxy groups -OCH3 is 2. The Kier molecular flexibility index (Phi) is 7.17. The van der Waals surface area contributed by atoms with Crippen molar-refractivity contribution in [1.29, 1.82) is 0 Å². The van der Waals surface area contributed by atoms with Gasteiger partial charge in [0.15, 0.2) is 6.54 Å². The topological polar surface area (TPSA) is 69.1 Å². The van der Waals surface area contributed by atoms with Gasteiger partial charge in [0.25, 0.3) is 5.91 Å². The number of likely N-dealkylation sites (N-methyl/N-ethyl adjacent to an activating group) is 1. The lowest BCUT2D eigenvalue weighted by molar-refractivity contribution is -0.903. The van der Waals surface area contributed by atoms with Crippen LogP contribution in [0.2, 0.25) is 0 Å². The second kappa shape index (κ2) is 9.58. The molecule has 1 amide bonds. The molecular weight excluding hydrogens is 332 g/mol. The molecule has 1 unspecified atom stereocenters. The molecule has 0 aliphatic heterocycles. The van der Waals surface area contributed by atoms with E-state index in [-0.39, 0.29) is 11.9 Å². The van der Waals surface area contributed by atoms with Crippen molar-refractivity contribution in [3.63, 3.8) is 0 Å². The zero-order valence-corrected chi connectivity index (χ0v) is 15.4. The van der Waals surface area contributed by atoms with Crippen LogP contribution in [0.15, 0.2) is 48.5 Å². The minimum atomic E-state index is -0.353. The molecule has 0 spiro atoms. The SMILES string of the molecule is CC[NH+](CC(=O)Nc1cccc(OC)c1)Cc1ccc(C(=O)OC)cc1. The number of hydrogen-bond acceptors (Lipinski definition) is 4. The molecular formula is C20H25N2O4+. The molecule has 0 bridgehead atoms. The Balaban J connectivity index is 1.93. The fraction of sp³-hybridized carbons (Fsp3) is 0.300. The molecule has 0 saturated heterocycles. The lowest BCUT2D eigenvalue weighted by atomic mass is 10.1. The summed E-state index contributed by atoms with van der Waals surface area (Å²) in [5, 5.41) is 2.90. The number of amides is 1. The molecule has 2 aromatic carbocycles. The van der Waals surface area contributed by atoms with Gasteiger partial charge >= 0.3 is 5.97 Å². The molecule has 0 aliphatic rings. The highest BCUT2D eigenvalue weighted by atomic mass is 16.5. The van der Waals surface area contributed by atoms with Crippen molar-refractivity contribution in [3.05, 3.63) is 59.7 Å². The maximum atomic E-state index is 12.3. The normalized spacial score (nSPS) is 11.5. The third-order valence-corrected chi connectivity index (χ3v) is 4.09. The Labute approximate surface area is 153 Å². The van der Waals surface area contributed by atoms with Gasteiger partial charge in [0, 0.05) is 17.3 Å². The molecule has 0 fully saturated rings. The molecule has 26 heavy (non-hydrogen) atoms. The number of quaternary nitrogens is 1. The van der Waals surface area contributed by atoms with Gasteiger partial charge in [-0.25, -0.2) is 4.79 Å². The monoisotopic (exact) mass is 357 g/mol. The summed E-state index contributed by atoms with van der Waals surface area (Å²) in [5.41, 5.74) is 2.29. The number of anilines is 1. The maximum absolute atomic E-state index is 12.3. The van der Waals surface area contributed by atoms with Crippen LogP contribution < -0.4 is 15.0 Å². The molecule has 2 rings (SSSR count). The molecule has 2 aromatic rings. The van der Waals surface area contributed by atoms with Gasteiger partial charge in [-0.05, 0) is 31.2 Å². The highest BCUT2D eigenvalue weighted by Crippen LogP contribution is 2.16. The van der Waals surface area contributed by atoms with Crippen molar-refractivity contribution < 1.29 is 24.0 Å². The summed E-state index contributed by atoms with van der Waals surface area (Å²) < 4.78 is 9.86. The number of carbonyl (C=O) groups is 2. The molecule has 0 saturated carbocycles. The summed E-state index contributed by atoms with van der Waals surface area (Å²) in [4.78, 5) is 24.9. The highest BCUT2D eigenvalue weighted by molar-refractivity contribution is 5.91. The number of ether oxygens (including phenoxy) is 2. The van der Waals surface area contributed by atoms with Gasteiger partial charge in [-0.1, -0.05) is 18.2 Å². The summed E-state index contributed by atoms with van der Waals surface area (Å²) >= 11 is 0. The first-order valence-corrected chi connectivity index (χ1v) is 8.50. The van der Waals surface area contributed by atoms with Crippen molar-refractivity contribution in [1.82, 2.24) is 0 Å². The maximum Gasteiger partial charge on any atom is 0.337 e. The fourth-order valence-electron chi connectivity index (χ4n) is 2.61. The summed E-state index contributed by atoms with van der Waals surface area (Å²) in [6.45, 7) is 3.90. The van der Waals surface area contributed by atoms with Crippen LogP contribution in [0.25, 0.3) is 0 Å². The van der Waals surface area contributed by atoms with E-state index >= 15 is 0 Å². The highest BCUT2D eigenvalue weighted by Gasteiger charge is 2.14. The van der Waals surface area contributed by atoms with E-state index in [9.17, 15) is 9.59 Å². The van der Waals surface area contributed by atoms with Crippen LogP contribution in [0.5, 0.6) is 5.75 Å². The lowest BCUT2D eigenvalue weighted by Gasteiger charge is -2.17. The standard InChI is InChI=1S/C20H24N2O4/c1-4-22(13-15-8-10-16(11-9-15)20(24)26-3)14-19(23)21-17-6-5-7-18(12-17)25-2/h5-12H,4,13-14H2,1-3H3,(H,21,23)/p+1. The van der Waals surface area contributed by atoms with Gasteiger partial charge in [-0.2, -0.15) is 0 Å². The summed E-state index contributed by atoms with van der Waals surface area (Å²) in [6.07, 6.45) is 0. The number of esters is 1. The van der Waals surface area contributed by atoms with E-state index in [1.165, 1.54) is 7.11 Å². The van der Waals surface area contributed by atoms with Crippen LogP contribution in [0.1, 0.15) is 22.8 Å². The zero-order chi connectivity index (χ0) is 18.9. The van der Waals surface area contributed by atoms with E-state index < -0.39 is 0 Å². The van der Waals surface area contributed by atoms with E-state index in [0.717, 1.165) is 17.0 Å². The number of nitrogens with one attached hydrogen (secondary N) is 2. The van der Waals surface area contributed by atoms with Crippen molar-refractivity contribution in [2.45, 2.75) is 13.5 Å². The number of rotatable bonds is 8. The van der Waals surface area contributed by atoms with Gasteiger partial charge in [0.05, 0.1) is 26.3 Å². The molecule has 0 aromatic heterocycles.